The lowest BCUT2D eigenvalue weighted by Crippen LogP contribution is -2.38. The summed E-state index contributed by atoms with van der Waals surface area (Å²) in [5, 5.41) is 3.37. The maximum Gasteiger partial charge on any atom is 0.119 e. The van der Waals surface area contributed by atoms with Gasteiger partial charge in [0.15, 0.2) is 0 Å². The predicted octanol–water partition coefficient (Wildman–Crippen LogP) is 2.31. The van der Waals surface area contributed by atoms with Crippen LogP contribution in [0, 0.1) is 0 Å². The molecule has 0 saturated carbocycles. The van der Waals surface area contributed by atoms with Gasteiger partial charge in [0.1, 0.15) is 5.75 Å². The van der Waals surface area contributed by atoms with Crippen molar-refractivity contribution in [2.24, 2.45) is 0 Å². The van der Waals surface area contributed by atoms with Crippen LogP contribution in [-0.4, -0.2) is 51.9 Å². The molecule has 0 aliphatic heterocycles. The molecule has 0 radical (unpaired) electrons. The van der Waals surface area contributed by atoms with Crippen molar-refractivity contribution in [3.8, 4) is 5.75 Å². The number of hydrogen-bond acceptors (Lipinski definition) is 4. The topological polar surface area (TPSA) is 33.7 Å². The maximum atomic E-state index is 5.48. The van der Waals surface area contributed by atoms with Crippen LogP contribution in [0.3, 0.4) is 0 Å². The molecule has 4 nitrogen and oxygen atoms in total. The first-order valence-corrected chi connectivity index (χ1v) is 7.21. The largest absolute Gasteiger partial charge is 0.494 e. The number of nitrogens with one attached hydrogen (secondary N) is 1. The number of rotatable bonds is 9. The summed E-state index contributed by atoms with van der Waals surface area (Å²) in [5.41, 5.74) is 1.27. The highest BCUT2D eigenvalue weighted by molar-refractivity contribution is 5.29. The fourth-order valence-electron chi connectivity index (χ4n) is 2.16. The van der Waals surface area contributed by atoms with Crippen molar-refractivity contribution >= 4 is 0 Å². The Morgan fingerprint density at radius 3 is 2.40 bits per heavy atom. The quantitative estimate of drug-likeness (QED) is 0.752. The molecular weight excluding hydrogens is 252 g/mol. The van der Waals surface area contributed by atoms with Gasteiger partial charge in [-0.2, -0.15) is 0 Å². The van der Waals surface area contributed by atoms with E-state index in [-0.39, 0.29) is 0 Å². The van der Waals surface area contributed by atoms with E-state index in [9.17, 15) is 0 Å². The summed E-state index contributed by atoms with van der Waals surface area (Å²) >= 11 is 0. The van der Waals surface area contributed by atoms with Gasteiger partial charge in [0.25, 0.3) is 0 Å². The maximum absolute atomic E-state index is 5.48. The lowest BCUT2D eigenvalue weighted by Gasteiger charge is -2.28. The van der Waals surface area contributed by atoms with Crippen LogP contribution >= 0.6 is 0 Å². The summed E-state index contributed by atoms with van der Waals surface area (Å²) in [4.78, 5) is 2.31. The Bertz CT molecular complexity index is 367. The summed E-state index contributed by atoms with van der Waals surface area (Å²) in [6.45, 7) is 6.56. The van der Waals surface area contributed by atoms with Crippen molar-refractivity contribution in [3.05, 3.63) is 29.8 Å². The molecule has 0 aliphatic rings. The summed E-state index contributed by atoms with van der Waals surface area (Å²) in [6, 6.07) is 9.01. The molecule has 1 aromatic carbocycles. The van der Waals surface area contributed by atoms with Crippen molar-refractivity contribution in [1.29, 1.82) is 0 Å². The van der Waals surface area contributed by atoms with Gasteiger partial charge in [0.05, 0.1) is 13.2 Å². The summed E-state index contributed by atoms with van der Waals surface area (Å²) in [6.07, 6.45) is 0. The molecule has 0 fully saturated rings. The first kappa shape index (κ1) is 17.0. The number of hydrogen-bond donors (Lipinski definition) is 1. The lowest BCUT2D eigenvalue weighted by atomic mass is 10.1. The Balaban J connectivity index is 2.65. The Morgan fingerprint density at radius 2 is 1.90 bits per heavy atom. The van der Waals surface area contributed by atoms with E-state index in [2.05, 4.69) is 36.3 Å². The van der Waals surface area contributed by atoms with Gasteiger partial charge in [-0.15, -0.1) is 0 Å². The average molecular weight is 280 g/mol. The zero-order chi connectivity index (χ0) is 15.0. The van der Waals surface area contributed by atoms with Gasteiger partial charge >= 0.3 is 0 Å². The first-order chi connectivity index (χ1) is 9.62. The highest BCUT2D eigenvalue weighted by atomic mass is 16.5. The van der Waals surface area contributed by atoms with Gasteiger partial charge in [-0.3, -0.25) is 4.90 Å². The van der Waals surface area contributed by atoms with Crippen LogP contribution in [0.1, 0.15) is 25.5 Å². The normalized spacial score (nSPS) is 14.3. The van der Waals surface area contributed by atoms with E-state index in [1.807, 2.05) is 26.1 Å². The van der Waals surface area contributed by atoms with Crippen LogP contribution in [0.2, 0.25) is 0 Å². The molecule has 0 amide bonds. The van der Waals surface area contributed by atoms with Gasteiger partial charge in [0, 0.05) is 25.7 Å². The Labute approximate surface area is 123 Å². The van der Waals surface area contributed by atoms with Crippen molar-refractivity contribution in [2.45, 2.75) is 25.9 Å². The second-order valence-corrected chi connectivity index (χ2v) is 5.09. The third kappa shape index (κ3) is 5.12. The molecule has 114 valence electrons. The smallest absolute Gasteiger partial charge is 0.119 e. The standard InChI is InChI=1S/C16H28N2O2/c1-6-20-15-9-7-14(8-10-15)16(17-3)11-18(4)13(2)12-19-5/h7-10,13,16-17H,6,11-12H2,1-5H3. The van der Waals surface area contributed by atoms with Crippen LogP contribution in [0.25, 0.3) is 0 Å². The molecule has 1 N–H and O–H groups in total. The molecule has 0 aliphatic carbocycles. The van der Waals surface area contributed by atoms with E-state index in [0.29, 0.717) is 18.7 Å². The molecule has 0 bridgehead atoms. The summed E-state index contributed by atoms with van der Waals surface area (Å²) in [5.74, 6) is 0.923. The van der Waals surface area contributed by atoms with Crippen LogP contribution in [-0.2, 0) is 4.74 Å². The van der Waals surface area contributed by atoms with E-state index in [1.54, 1.807) is 7.11 Å². The van der Waals surface area contributed by atoms with Crippen LogP contribution in [0.5, 0.6) is 5.75 Å². The van der Waals surface area contributed by atoms with E-state index in [4.69, 9.17) is 9.47 Å². The molecule has 2 atom stereocenters. The second kappa shape index (κ2) is 8.95. The minimum atomic E-state index is 0.301. The molecule has 0 aromatic heterocycles. The molecular formula is C16H28N2O2. The van der Waals surface area contributed by atoms with Gasteiger partial charge in [-0.05, 0) is 45.6 Å². The molecule has 0 heterocycles. The average Bonchev–Trinajstić information content (AvgIpc) is 2.46. The first-order valence-electron chi connectivity index (χ1n) is 7.21. The predicted molar refractivity (Wildman–Crippen MR) is 83.4 cm³/mol. The van der Waals surface area contributed by atoms with Crippen LogP contribution < -0.4 is 10.1 Å². The number of ether oxygens (including phenoxy) is 2. The number of likely N-dealkylation sites (N-methyl/N-ethyl adjacent to an activating group) is 2. The zero-order valence-electron chi connectivity index (χ0n) is 13.3. The van der Waals surface area contributed by atoms with Gasteiger partial charge < -0.3 is 14.8 Å². The van der Waals surface area contributed by atoms with E-state index in [1.165, 1.54) is 5.56 Å². The molecule has 4 heteroatoms. The van der Waals surface area contributed by atoms with E-state index >= 15 is 0 Å². The van der Waals surface area contributed by atoms with Gasteiger partial charge in [-0.25, -0.2) is 0 Å². The van der Waals surface area contributed by atoms with Crippen molar-refractivity contribution in [2.75, 3.05) is 41.0 Å². The molecule has 20 heavy (non-hydrogen) atoms. The number of benzene rings is 1. The minimum Gasteiger partial charge on any atom is -0.494 e. The molecule has 2 unspecified atom stereocenters. The molecule has 0 spiro atoms. The van der Waals surface area contributed by atoms with E-state index in [0.717, 1.165) is 18.9 Å². The molecule has 1 rings (SSSR count). The second-order valence-electron chi connectivity index (χ2n) is 5.09. The molecule has 0 saturated heterocycles. The highest BCUT2D eigenvalue weighted by Gasteiger charge is 2.16. The van der Waals surface area contributed by atoms with Gasteiger partial charge in [0.2, 0.25) is 0 Å². The van der Waals surface area contributed by atoms with Crippen LogP contribution in [0.4, 0.5) is 0 Å². The van der Waals surface area contributed by atoms with Crippen molar-refractivity contribution in [1.82, 2.24) is 10.2 Å². The summed E-state index contributed by atoms with van der Waals surface area (Å²) in [7, 11) is 5.87. The highest BCUT2D eigenvalue weighted by Crippen LogP contribution is 2.19. The third-order valence-electron chi connectivity index (χ3n) is 3.57. The van der Waals surface area contributed by atoms with Gasteiger partial charge in [-0.1, -0.05) is 12.1 Å². The summed E-state index contributed by atoms with van der Waals surface area (Å²) < 4.78 is 10.7. The Morgan fingerprint density at radius 1 is 1.25 bits per heavy atom. The van der Waals surface area contributed by atoms with Crippen molar-refractivity contribution in [3.63, 3.8) is 0 Å². The lowest BCUT2D eigenvalue weighted by molar-refractivity contribution is 0.110. The fourth-order valence-corrected chi connectivity index (χ4v) is 2.16. The number of nitrogens with zero attached hydrogens (tertiary/aromatic N) is 1. The third-order valence-corrected chi connectivity index (χ3v) is 3.57. The fraction of sp³-hybridized carbons (Fsp3) is 0.625. The Hall–Kier alpha value is -1.10. The minimum absolute atomic E-state index is 0.301. The Kier molecular flexibility index (Phi) is 7.59. The van der Waals surface area contributed by atoms with Crippen molar-refractivity contribution < 1.29 is 9.47 Å². The number of methoxy groups -OCH3 is 1. The van der Waals surface area contributed by atoms with Crippen LogP contribution in [0.15, 0.2) is 24.3 Å². The molecule has 1 aromatic rings. The zero-order valence-corrected chi connectivity index (χ0v) is 13.3. The SMILES string of the molecule is CCOc1ccc(C(CN(C)C(C)COC)NC)cc1. The monoisotopic (exact) mass is 280 g/mol. The van der Waals surface area contributed by atoms with E-state index < -0.39 is 0 Å².